The minimum absolute atomic E-state index is 0.0835. The number of nitrogens with zero attached hydrogens (tertiary/aromatic N) is 3. The van der Waals surface area contributed by atoms with Gasteiger partial charge in [0.15, 0.2) is 0 Å². The fraction of sp³-hybridized carbons (Fsp3) is 0.320. The van der Waals surface area contributed by atoms with E-state index in [4.69, 9.17) is 9.47 Å². The van der Waals surface area contributed by atoms with Crippen LogP contribution < -0.4 is 5.32 Å². The number of carboxylic acid groups (broad SMARTS) is 1. The van der Waals surface area contributed by atoms with Gasteiger partial charge in [0.05, 0.1) is 23.7 Å². The van der Waals surface area contributed by atoms with Crippen molar-refractivity contribution in [3.63, 3.8) is 0 Å². The van der Waals surface area contributed by atoms with Crippen molar-refractivity contribution in [2.24, 2.45) is 0 Å². The molecule has 2 N–H and O–H groups in total. The third kappa shape index (κ3) is 5.37. The lowest BCUT2D eigenvalue weighted by molar-refractivity contribution is -0.136. The molecule has 0 spiro atoms. The van der Waals surface area contributed by atoms with Crippen LogP contribution in [-0.2, 0) is 27.2 Å². The summed E-state index contributed by atoms with van der Waals surface area (Å²) in [6.45, 7) is 4.65. The number of carbonyl (C=O) groups is 1. The molecule has 1 aliphatic heterocycles. The lowest BCUT2D eigenvalue weighted by Gasteiger charge is -2.21. The Morgan fingerprint density at radius 3 is 2.62 bits per heavy atom. The summed E-state index contributed by atoms with van der Waals surface area (Å²) in [6, 6.07) is 12.6. The predicted molar refractivity (Wildman–Crippen MR) is 131 cm³/mol. The first-order chi connectivity index (χ1) is 16.3. The third-order valence-electron chi connectivity index (χ3n) is 5.33. The number of anilines is 1. The Hall–Kier alpha value is -3.43. The summed E-state index contributed by atoms with van der Waals surface area (Å²) in [4.78, 5) is 24.8. The zero-order valence-electron chi connectivity index (χ0n) is 19.6. The predicted octanol–water partition coefficient (Wildman–Crippen LogP) is 4.89. The molecule has 34 heavy (non-hydrogen) atoms. The van der Waals surface area contributed by atoms with E-state index in [0.29, 0.717) is 22.9 Å². The van der Waals surface area contributed by atoms with Crippen LogP contribution in [0.3, 0.4) is 0 Å². The number of nitrogens with one attached hydrogen (secondary N) is 1. The molecule has 1 aromatic carbocycles. The maximum atomic E-state index is 11.5. The van der Waals surface area contributed by atoms with Crippen LogP contribution in [0.2, 0.25) is 0 Å². The van der Waals surface area contributed by atoms with E-state index in [9.17, 15) is 9.90 Å². The summed E-state index contributed by atoms with van der Waals surface area (Å²) >= 11 is 1.72. The van der Waals surface area contributed by atoms with Gasteiger partial charge in [0, 0.05) is 16.3 Å². The van der Waals surface area contributed by atoms with Crippen molar-refractivity contribution in [3.05, 3.63) is 76.4 Å². The van der Waals surface area contributed by atoms with Gasteiger partial charge in [-0.05, 0) is 51.2 Å². The molecule has 3 heterocycles. The van der Waals surface area contributed by atoms with Gasteiger partial charge in [-0.15, -0.1) is 11.3 Å². The molecule has 0 aliphatic carbocycles. The molecule has 3 aromatic rings. The minimum Gasteiger partial charge on any atom is -0.481 e. The standard InChI is InChI=1S/C25H28N4O4S/c1-15(20-9-10-21(34-20)18-8-6-5-7-17(18)14-29(3)4)26-24-23(25-32-11-12-33-25)19(13-22(30)31)27-16(2)28-24/h5-12,15,25H,13-14H2,1-4H3,(H,30,31)(H,26,27,28). The lowest BCUT2D eigenvalue weighted by atomic mass is 10.1. The van der Waals surface area contributed by atoms with Gasteiger partial charge in [-0.1, -0.05) is 24.3 Å². The molecule has 0 saturated carbocycles. The highest BCUT2D eigenvalue weighted by Crippen LogP contribution is 2.37. The van der Waals surface area contributed by atoms with Gasteiger partial charge in [-0.2, -0.15) is 0 Å². The van der Waals surface area contributed by atoms with Crippen LogP contribution in [0.1, 0.15) is 46.8 Å². The van der Waals surface area contributed by atoms with E-state index in [1.807, 2.05) is 6.92 Å². The summed E-state index contributed by atoms with van der Waals surface area (Å²) in [5.41, 5.74) is 3.36. The number of benzene rings is 1. The summed E-state index contributed by atoms with van der Waals surface area (Å²) in [7, 11) is 4.13. The van der Waals surface area contributed by atoms with E-state index in [1.54, 1.807) is 18.3 Å². The van der Waals surface area contributed by atoms with E-state index in [0.717, 1.165) is 11.4 Å². The van der Waals surface area contributed by atoms with Crippen LogP contribution in [-0.4, -0.2) is 40.0 Å². The quantitative estimate of drug-likeness (QED) is 0.447. The number of aromatic nitrogens is 2. The minimum atomic E-state index is -0.983. The Morgan fingerprint density at radius 2 is 1.91 bits per heavy atom. The SMILES string of the molecule is Cc1nc(CC(=O)O)c(C2OC=CO2)c(NC(C)c2ccc(-c3ccccc3CN(C)C)s2)n1. The second kappa shape index (κ2) is 10.2. The zero-order chi connectivity index (χ0) is 24.2. The number of hydrogen-bond acceptors (Lipinski definition) is 8. The molecule has 0 fully saturated rings. The third-order valence-corrected chi connectivity index (χ3v) is 6.63. The van der Waals surface area contributed by atoms with E-state index in [2.05, 4.69) is 70.7 Å². The van der Waals surface area contributed by atoms with Gasteiger partial charge >= 0.3 is 5.97 Å². The largest absolute Gasteiger partial charge is 0.481 e. The maximum Gasteiger partial charge on any atom is 0.309 e. The van der Waals surface area contributed by atoms with Crippen LogP contribution in [0, 0.1) is 6.92 Å². The lowest BCUT2D eigenvalue weighted by Crippen LogP contribution is -2.17. The van der Waals surface area contributed by atoms with Crippen molar-refractivity contribution in [3.8, 4) is 10.4 Å². The molecule has 0 saturated heterocycles. The van der Waals surface area contributed by atoms with Crippen LogP contribution in [0.25, 0.3) is 10.4 Å². The molecule has 0 radical (unpaired) electrons. The van der Waals surface area contributed by atoms with Crippen LogP contribution in [0.15, 0.2) is 48.9 Å². The molecule has 0 bridgehead atoms. The number of hydrogen-bond donors (Lipinski definition) is 2. The number of carboxylic acids is 1. The Bertz CT molecular complexity index is 1200. The summed E-state index contributed by atoms with van der Waals surface area (Å²) in [5.74, 6) is 0.00152. The number of aliphatic carboxylic acids is 1. The molecule has 1 unspecified atom stereocenters. The van der Waals surface area contributed by atoms with Crippen molar-refractivity contribution in [2.75, 3.05) is 19.4 Å². The van der Waals surface area contributed by atoms with Gasteiger partial charge in [-0.3, -0.25) is 4.79 Å². The number of thiophene rings is 1. The molecule has 2 aromatic heterocycles. The van der Waals surface area contributed by atoms with Crippen LogP contribution in [0.4, 0.5) is 5.82 Å². The van der Waals surface area contributed by atoms with E-state index < -0.39 is 12.3 Å². The van der Waals surface area contributed by atoms with E-state index >= 15 is 0 Å². The van der Waals surface area contributed by atoms with Gasteiger partial charge in [-0.25, -0.2) is 9.97 Å². The topological polar surface area (TPSA) is 96.8 Å². The Morgan fingerprint density at radius 1 is 1.18 bits per heavy atom. The molecular weight excluding hydrogens is 452 g/mol. The van der Waals surface area contributed by atoms with Gasteiger partial charge < -0.3 is 24.8 Å². The van der Waals surface area contributed by atoms with E-state index in [1.165, 1.54) is 28.5 Å². The van der Waals surface area contributed by atoms with Crippen LogP contribution >= 0.6 is 11.3 Å². The highest BCUT2D eigenvalue weighted by molar-refractivity contribution is 7.15. The van der Waals surface area contributed by atoms with Crippen molar-refractivity contribution in [1.29, 1.82) is 0 Å². The maximum absolute atomic E-state index is 11.5. The summed E-state index contributed by atoms with van der Waals surface area (Å²) < 4.78 is 11.0. The molecule has 8 nitrogen and oxygen atoms in total. The van der Waals surface area contributed by atoms with Crippen molar-refractivity contribution in [1.82, 2.24) is 14.9 Å². The Labute approximate surface area is 202 Å². The average molecular weight is 481 g/mol. The normalized spacial score (nSPS) is 14.1. The van der Waals surface area contributed by atoms with Gasteiger partial charge in [0.25, 0.3) is 6.29 Å². The number of aryl methyl sites for hydroxylation is 1. The van der Waals surface area contributed by atoms with Gasteiger partial charge in [0.1, 0.15) is 24.2 Å². The Kier molecular flexibility index (Phi) is 7.14. The Balaban J connectivity index is 1.63. The summed E-state index contributed by atoms with van der Waals surface area (Å²) in [6.07, 6.45) is 1.82. The first-order valence-corrected chi connectivity index (χ1v) is 11.8. The smallest absolute Gasteiger partial charge is 0.309 e. The highest BCUT2D eigenvalue weighted by atomic mass is 32.1. The fourth-order valence-electron chi connectivity index (χ4n) is 3.90. The molecule has 178 valence electrons. The van der Waals surface area contributed by atoms with Crippen LogP contribution in [0.5, 0.6) is 0 Å². The fourth-order valence-corrected chi connectivity index (χ4v) is 4.97. The van der Waals surface area contributed by atoms with Crippen molar-refractivity contribution in [2.45, 2.75) is 39.1 Å². The van der Waals surface area contributed by atoms with Crippen molar-refractivity contribution >= 4 is 23.1 Å². The second-order valence-corrected chi connectivity index (χ2v) is 9.50. The molecule has 1 aliphatic rings. The second-order valence-electron chi connectivity index (χ2n) is 8.39. The summed E-state index contributed by atoms with van der Waals surface area (Å²) in [5, 5.41) is 12.8. The molecule has 0 amide bonds. The average Bonchev–Trinajstić information content (AvgIpc) is 3.45. The molecule has 4 rings (SSSR count). The zero-order valence-corrected chi connectivity index (χ0v) is 20.4. The monoisotopic (exact) mass is 480 g/mol. The van der Waals surface area contributed by atoms with E-state index in [-0.39, 0.29) is 12.5 Å². The highest BCUT2D eigenvalue weighted by Gasteiger charge is 2.28. The molecule has 1 atom stereocenters. The van der Waals surface area contributed by atoms with Crippen molar-refractivity contribution < 1.29 is 19.4 Å². The first kappa shape index (κ1) is 23.7. The first-order valence-electron chi connectivity index (χ1n) is 11.0. The number of ether oxygens (including phenoxy) is 2. The van der Waals surface area contributed by atoms with Gasteiger partial charge in [0.2, 0.25) is 0 Å². The molecule has 9 heteroatoms. The molecular formula is C25H28N4O4S. The number of rotatable bonds is 9.